The van der Waals surface area contributed by atoms with Gasteiger partial charge in [0.15, 0.2) is 0 Å². The van der Waals surface area contributed by atoms with Crippen molar-refractivity contribution in [2.75, 3.05) is 31.6 Å². The van der Waals surface area contributed by atoms with Gasteiger partial charge in [0.1, 0.15) is 0 Å². The molecule has 1 atom stereocenters. The predicted octanol–water partition coefficient (Wildman–Crippen LogP) is 2.34. The topological polar surface area (TPSA) is 52.6 Å². The molecule has 1 heterocycles. The molecule has 1 amide bonds. The summed E-state index contributed by atoms with van der Waals surface area (Å²) >= 11 is 0. The Morgan fingerprint density at radius 3 is 2.76 bits per heavy atom. The number of aliphatic hydroxyl groups is 1. The number of nitrogens with one attached hydrogen (secondary N) is 1. The maximum absolute atomic E-state index is 12.2. The van der Waals surface area contributed by atoms with Crippen molar-refractivity contribution in [3.63, 3.8) is 0 Å². The number of likely N-dealkylation sites (tertiary alicyclic amines) is 1. The minimum absolute atomic E-state index is 0.0528. The number of para-hydroxylation sites is 1. The van der Waals surface area contributed by atoms with Crippen molar-refractivity contribution >= 4 is 11.6 Å². The maximum atomic E-state index is 12.2. The number of nitrogens with zero attached hydrogens (tertiary/aromatic N) is 1. The predicted molar refractivity (Wildman–Crippen MR) is 85.4 cm³/mol. The zero-order valence-electron chi connectivity index (χ0n) is 13.1. The number of hydrogen-bond acceptors (Lipinski definition) is 3. The minimum atomic E-state index is 0.0528. The summed E-state index contributed by atoms with van der Waals surface area (Å²) in [6, 6.07) is 6.03. The molecule has 21 heavy (non-hydrogen) atoms. The van der Waals surface area contributed by atoms with Gasteiger partial charge in [-0.2, -0.15) is 0 Å². The minimum Gasteiger partial charge on any atom is -0.396 e. The molecule has 2 rings (SSSR count). The fourth-order valence-corrected chi connectivity index (χ4v) is 3.11. The van der Waals surface area contributed by atoms with E-state index >= 15 is 0 Å². The quantitative estimate of drug-likeness (QED) is 0.875. The van der Waals surface area contributed by atoms with Crippen molar-refractivity contribution in [3.8, 4) is 0 Å². The Balaban J connectivity index is 1.89. The Morgan fingerprint density at radius 1 is 1.38 bits per heavy atom. The fourth-order valence-electron chi connectivity index (χ4n) is 3.11. The first-order valence-electron chi connectivity index (χ1n) is 7.79. The van der Waals surface area contributed by atoms with Crippen LogP contribution in [0.15, 0.2) is 18.2 Å². The summed E-state index contributed by atoms with van der Waals surface area (Å²) in [6.45, 7) is 6.60. The first-order chi connectivity index (χ1) is 10.1. The first-order valence-corrected chi connectivity index (χ1v) is 7.79. The van der Waals surface area contributed by atoms with Crippen molar-refractivity contribution < 1.29 is 9.90 Å². The van der Waals surface area contributed by atoms with E-state index in [4.69, 9.17) is 5.11 Å². The second-order valence-corrected chi connectivity index (χ2v) is 6.07. The van der Waals surface area contributed by atoms with Crippen LogP contribution in [-0.4, -0.2) is 42.2 Å². The second kappa shape index (κ2) is 7.57. The summed E-state index contributed by atoms with van der Waals surface area (Å²) < 4.78 is 0. The van der Waals surface area contributed by atoms with Crippen LogP contribution in [0, 0.1) is 19.8 Å². The van der Waals surface area contributed by atoms with Crippen LogP contribution >= 0.6 is 0 Å². The second-order valence-electron chi connectivity index (χ2n) is 6.07. The van der Waals surface area contributed by atoms with E-state index in [-0.39, 0.29) is 12.5 Å². The Labute approximate surface area is 127 Å². The smallest absolute Gasteiger partial charge is 0.238 e. The van der Waals surface area contributed by atoms with Gasteiger partial charge in [0.05, 0.1) is 6.54 Å². The van der Waals surface area contributed by atoms with E-state index in [1.165, 1.54) is 0 Å². The summed E-state index contributed by atoms with van der Waals surface area (Å²) in [6.07, 6.45) is 3.12. The van der Waals surface area contributed by atoms with E-state index in [1.54, 1.807) is 0 Å². The molecular weight excluding hydrogens is 264 g/mol. The van der Waals surface area contributed by atoms with Crippen LogP contribution in [-0.2, 0) is 4.79 Å². The lowest BCUT2D eigenvalue weighted by Crippen LogP contribution is -2.40. The highest BCUT2D eigenvalue weighted by atomic mass is 16.3. The molecule has 1 fully saturated rings. The summed E-state index contributed by atoms with van der Waals surface area (Å²) in [5.74, 6) is 0.578. The van der Waals surface area contributed by atoms with Crippen molar-refractivity contribution in [2.45, 2.75) is 33.1 Å². The highest BCUT2D eigenvalue weighted by Gasteiger charge is 2.21. The lowest BCUT2D eigenvalue weighted by atomic mass is 9.95. The van der Waals surface area contributed by atoms with E-state index in [0.717, 1.165) is 49.2 Å². The van der Waals surface area contributed by atoms with Gasteiger partial charge in [-0.25, -0.2) is 0 Å². The van der Waals surface area contributed by atoms with Crippen LogP contribution in [0.25, 0.3) is 0 Å². The third kappa shape index (κ3) is 4.55. The SMILES string of the molecule is Cc1cccc(C)c1NC(=O)CN1CCCC(CCO)C1. The van der Waals surface area contributed by atoms with Gasteiger partial charge in [0.2, 0.25) is 5.91 Å². The highest BCUT2D eigenvalue weighted by molar-refractivity contribution is 5.93. The number of rotatable bonds is 5. The molecule has 116 valence electrons. The summed E-state index contributed by atoms with van der Waals surface area (Å²) in [5.41, 5.74) is 3.13. The number of piperidine rings is 1. The average Bonchev–Trinajstić information content (AvgIpc) is 2.44. The Morgan fingerprint density at radius 2 is 2.10 bits per heavy atom. The maximum Gasteiger partial charge on any atom is 0.238 e. The molecule has 4 heteroatoms. The van der Waals surface area contributed by atoms with Gasteiger partial charge in [-0.1, -0.05) is 18.2 Å². The molecule has 1 saturated heterocycles. The molecule has 1 aliphatic heterocycles. The molecule has 0 radical (unpaired) electrons. The van der Waals surface area contributed by atoms with E-state index in [2.05, 4.69) is 10.2 Å². The summed E-state index contributed by atoms with van der Waals surface area (Å²) in [7, 11) is 0. The average molecular weight is 290 g/mol. The van der Waals surface area contributed by atoms with Crippen molar-refractivity contribution in [1.82, 2.24) is 4.90 Å². The molecule has 0 aromatic heterocycles. The van der Waals surface area contributed by atoms with Gasteiger partial charge in [-0.3, -0.25) is 9.69 Å². The Hall–Kier alpha value is -1.39. The highest BCUT2D eigenvalue weighted by Crippen LogP contribution is 2.21. The fraction of sp³-hybridized carbons (Fsp3) is 0.588. The van der Waals surface area contributed by atoms with Gasteiger partial charge < -0.3 is 10.4 Å². The first kappa shape index (κ1) is 16.0. The molecule has 1 aromatic carbocycles. The molecular formula is C17H26N2O2. The third-order valence-corrected chi connectivity index (χ3v) is 4.25. The van der Waals surface area contributed by atoms with Crippen molar-refractivity contribution in [3.05, 3.63) is 29.3 Å². The molecule has 2 N–H and O–H groups in total. The largest absolute Gasteiger partial charge is 0.396 e. The van der Waals surface area contributed by atoms with E-state index < -0.39 is 0 Å². The molecule has 1 unspecified atom stereocenters. The van der Waals surface area contributed by atoms with Gasteiger partial charge in [-0.15, -0.1) is 0 Å². The number of benzene rings is 1. The standard InChI is InChI=1S/C17H26N2O2/c1-13-5-3-6-14(2)17(13)18-16(21)12-19-9-4-7-15(11-19)8-10-20/h3,5-6,15,20H,4,7-12H2,1-2H3,(H,18,21). The van der Waals surface area contributed by atoms with E-state index in [9.17, 15) is 4.79 Å². The number of carbonyl (C=O) groups is 1. The molecule has 0 bridgehead atoms. The lowest BCUT2D eigenvalue weighted by Gasteiger charge is -2.32. The van der Waals surface area contributed by atoms with E-state index in [0.29, 0.717) is 12.5 Å². The molecule has 0 aliphatic carbocycles. The van der Waals surface area contributed by atoms with Gasteiger partial charge in [0.25, 0.3) is 0 Å². The van der Waals surface area contributed by atoms with Crippen LogP contribution < -0.4 is 5.32 Å². The number of aryl methyl sites for hydroxylation is 2. The van der Waals surface area contributed by atoms with Gasteiger partial charge in [-0.05, 0) is 56.7 Å². The van der Waals surface area contributed by atoms with Crippen molar-refractivity contribution in [2.24, 2.45) is 5.92 Å². The Bertz CT molecular complexity index is 465. The molecule has 0 spiro atoms. The number of aliphatic hydroxyl groups excluding tert-OH is 1. The van der Waals surface area contributed by atoms with E-state index in [1.807, 2.05) is 32.0 Å². The van der Waals surface area contributed by atoms with Crippen LogP contribution in [0.4, 0.5) is 5.69 Å². The number of anilines is 1. The van der Waals surface area contributed by atoms with Gasteiger partial charge in [0, 0.05) is 18.8 Å². The zero-order chi connectivity index (χ0) is 15.2. The van der Waals surface area contributed by atoms with Crippen LogP contribution in [0.3, 0.4) is 0 Å². The molecule has 1 aromatic rings. The number of amides is 1. The molecule has 1 aliphatic rings. The summed E-state index contributed by atoms with van der Waals surface area (Å²) in [5, 5.41) is 12.1. The van der Waals surface area contributed by atoms with Crippen molar-refractivity contribution in [1.29, 1.82) is 0 Å². The zero-order valence-corrected chi connectivity index (χ0v) is 13.1. The third-order valence-electron chi connectivity index (χ3n) is 4.25. The van der Waals surface area contributed by atoms with Crippen LogP contribution in [0.5, 0.6) is 0 Å². The van der Waals surface area contributed by atoms with Crippen LogP contribution in [0.1, 0.15) is 30.4 Å². The monoisotopic (exact) mass is 290 g/mol. The number of hydrogen-bond donors (Lipinski definition) is 2. The van der Waals surface area contributed by atoms with Gasteiger partial charge >= 0.3 is 0 Å². The summed E-state index contributed by atoms with van der Waals surface area (Å²) in [4.78, 5) is 14.4. The Kier molecular flexibility index (Phi) is 5.76. The normalized spacial score (nSPS) is 19.5. The molecule has 0 saturated carbocycles. The molecule has 4 nitrogen and oxygen atoms in total. The lowest BCUT2D eigenvalue weighted by molar-refractivity contribution is -0.117. The number of carbonyl (C=O) groups excluding carboxylic acids is 1. The van der Waals surface area contributed by atoms with Crippen LogP contribution in [0.2, 0.25) is 0 Å².